The van der Waals surface area contributed by atoms with E-state index >= 15 is 0 Å². The first-order valence-electron chi connectivity index (χ1n) is 12.0. The van der Waals surface area contributed by atoms with Gasteiger partial charge in [-0.2, -0.15) is 0 Å². The van der Waals surface area contributed by atoms with E-state index in [-0.39, 0.29) is 28.3 Å². The molecule has 2 heterocycles. The Kier molecular flexibility index (Phi) is 6.78. The Morgan fingerprint density at radius 1 is 1.21 bits per heavy atom. The van der Waals surface area contributed by atoms with Gasteiger partial charge in [0.25, 0.3) is 0 Å². The van der Waals surface area contributed by atoms with Crippen LogP contribution in [0, 0.1) is 11.3 Å². The second kappa shape index (κ2) is 8.75. The lowest BCUT2D eigenvalue weighted by Crippen LogP contribution is -2.61. The summed E-state index contributed by atoms with van der Waals surface area (Å²) in [6.45, 7) is 18.6. The molecular weight excluding hydrogens is 450 g/mol. The number of piperidine rings is 1. The second-order valence-corrected chi connectivity index (χ2v) is 17.1. The quantitative estimate of drug-likeness (QED) is 0.171. The van der Waals surface area contributed by atoms with E-state index in [1.165, 1.54) is 4.90 Å². The number of amides is 1. The van der Waals surface area contributed by atoms with E-state index in [0.29, 0.717) is 31.5 Å². The van der Waals surface area contributed by atoms with Gasteiger partial charge in [0.15, 0.2) is 14.2 Å². The SMILES string of the molecule is CC(C)(C)C1C(O[Si](C)(C)C(C)(C)C)c2cc(C(N)=NO)ccc2OC12CCN(C(=O)O)CC2. The molecule has 1 amide bonds. The standard InChI is InChI=1S/C25H41N3O5Si/c1-23(2,3)20-19(33-34(7,8)24(4,5)6)17-15-16(21(26)27-31)9-10-18(17)32-25(20)11-13-28(14-12-25)22(29)30/h9-10,15,19-20,31H,11-14H2,1-8H3,(H2,26,27)(H,29,30). The Labute approximate surface area is 204 Å². The van der Waals surface area contributed by atoms with Gasteiger partial charge in [0, 0.05) is 43.0 Å². The van der Waals surface area contributed by atoms with E-state index in [0.717, 1.165) is 11.3 Å². The maximum atomic E-state index is 11.6. The lowest BCUT2D eigenvalue weighted by molar-refractivity contribution is -0.137. The van der Waals surface area contributed by atoms with Crippen molar-refractivity contribution in [3.05, 3.63) is 29.3 Å². The zero-order valence-corrected chi connectivity index (χ0v) is 22.8. The van der Waals surface area contributed by atoms with Crippen LogP contribution < -0.4 is 10.5 Å². The first kappa shape index (κ1) is 26.3. The highest BCUT2D eigenvalue weighted by Crippen LogP contribution is 2.57. The van der Waals surface area contributed by atoms with Gasteiger partial charge >= 0.3 is 6.09 Å². The number of nitrogens with two attached hydrogens (primary N) is 1. The highest BCUT2D eigenvalue weighted by atomic mass is 28.4. The zero-order valence-electron chi connectivity index (χ0n) is 21.8. The number of amidine groups is 1. The Morgan fingerprint density at radius 2 is 1.79 bits per heavy atom. The molecule has 0 aliphatic carbocycles. The number of oxime groups is 1. The molecule has 1 fully saturated rings. The molecule has 2 atom stereocenters. The van der Waals surface area contributed by atoms with Crippen molar-refractivity contribution in [1.82, 2.24) is 4.90 Å². The minimum absolute atomic E-state index is 0.00304. The highest BCUT2D eigenvalue weighted by molar-refractivity contribution is 6.74. The predicted molar refractivity (Wildman–Crippen MR) is 135 cm³/mol. The molecule has 1 aromatic carbocycles. The molecular formula is C25H41N3O5Si. The van der Waals surface area contributed by atoms with Crippen molar-refractivity contribution in [1.29, 1.82) is 0 Å². The molecule has 9 heteroatoms. The number of hydrogen-bond acceptors (Lipinski definition) is 5. The third kappa shape index (κ3) is 4.77. The molecule has 0 saturated carbocycles. The van der Waals surface area contributed by atoms with Crippen LogP contribution in [0.3, 0.4) is 0 Å². The van der Waals surface area contributed by atoms with Gasteiger partial charge in [-0.3, -0.25) is 0 Å². The molecule has 190 valence electrons. The first-order chi connectivity index (χ1) is 15.5. The lowest BCUT2D eigenvalue weighted by Gasteiger charge is -2.57. The average molecular weight is 492 g/mol. The number of carboxylic acid groups (broad SMARTS) is 1. The van der Waals surface area contributed by atoms with Gasteiger partial charge in [0.1, 0.15) is 11.4 Å². The van der Waals surface area contributed by atoms with Crippen molar-refractivity contribution in [2.75, 3.05) is 13.1 Å². The fourth-order valence-corrected chi connectivity index (χ4v) is 6.43. The van der Waals surface area contributed by atoms with E-state index in [2.05, 4.69) is 59.8 Å². The molecule has 0 aromatic heterocycles. The lowest BCUT2D eigenvalue weighted by atomic mass is 9.62. The van der Waals surface area contributed by atoms with Crippen LogP contribution in [0.5, 0.6) is 5.75 Å². The van der Waals surface area contributed by atoms with Crippen molar-refractivity contribution >= 4 is 20.2 Å². The van der Waals surface area contributed by atoms with Gasteiger partial charge in [0.05, 0.1) is 6.10 Å². The van der Waals surface area contributed by atoms with Gasteiger partial charge in [-0.1, -0.05) is 46.7 Å². The summed E-state index contributed by atoms with van der Waals surface area (Å²) < 4.78 is 14.0. The molecule has 0 bridgehead atoms. The summed E-state index contributed by atoms with van der Waals surface area (Å²) in [5.41, 5.74) is 6.70. The van der Waals surface area contributed by atoms with Crippen LogP contribution in [0.4, 0.5) is 4.79 Å². The number of rotatable bonds is 3. The van der Waals surface area contributed by atoms with E-state index in [1.54, 1.807) is 6.07 Å². The number of fused-ring (bicyclic) bond motifs is 1. The van der Waals surface area contributed by atoms with Gasteiger partial charge < -0.3 is 30.1 Å². The van der Waals surface area contributed by atoms with Crippen molar-refractivity contribution in [3.63, 3.8) is 0 Å². The number of hydrogen-bond donors (Lipinski definition) is 3. The van der Waals surface area contributed by atoms with Crippen molar-refractivity contribution < 1.29 is 24.3 Å². The monoisotopic (exact) mass is 491 g/mol. The minimum atomic E-state index is -2.22. The Morgan fingerprint density at radius 3 is 2.26 bits per heavy atom. The summed E-state index contributed by atoms with van der Waals surface area (Å²) in [6, 6.07) is 5.57. The third-order valence-electron chi connectivity index (χ3n) is 7.94. The van der Waals surface area contributed by atoms with Crippen LogP contribution in [0.1, 0.15) is 71.6 Å². The van der Waals surface area contributed by atoms with E-state index in [4.69, 9.17) is 14.9 Å². The maximum absolute atomic E-state index is 11.6. The smallest absolute Gasteiger partial charge is 0.407 e. The summed E-state index contributed by atoms with van der Waals surface area (Å²) in [5, 5.41) is 22.0. The van der Waals surface area contributed by atoms with Crippen molar-refractivity contribution in [3.8, 4) is 5.75 Å². The number of ether oxygens (including phenoxy) is 1. The molecule has 2 aliphatic heterocycles. The van der Waals surface area contributed by atoms with Gasteiger partial charge in [-0.25, -0.2) is 4.79 Å². The van der Waals surface area contributed by atoms with Crippen LogP contribution in [-0.4, -0.2) is 54.2 Å². The summed E-state index contributed by atoms with van der Waals surface area (Å²) in [7, 11) is -2.22. The molecule has 2 unspecified atom stereocenters. The number of carbonyl (C=O) groups is 1. The van der Waals surface area contributed by atoms with Gasteiger partial charge in [0.2, 0.25) is 0 Å². The number of benzene rings is 1. The Hall–Kier alpha value is -2.26. The third-order valence-corrected chi connectivity index (χ3v) is 12.4. The van der Waals surface area contributed by atoms with Crippen LogP contribution in [0.15, 0.2) is 23.4 Å². The fraction of sp³-hybridized carbons (Fsp3) is 0.680. The Balaban J connectivity index is 2.19. The molecule has 4 N–H and O–H groups in total. The molecule has 2 aliphatic rings. The Bertz CT molecular complexity index is 956. The van der Waals surface area contributed by atoms with Gasteiger partial charge in [-0.15, -0.1) is 0 Å². The maximum Gasteiger partial charge on any atom is 0.407 e. The second-order valence-electron chi connectivity index (χ2n) is 12.3. The minimum Gasteiger partial charge on any atom is -0.486 e. The van der Waals surface area contributed by atoms with E-state index < -0.39 is 20.0 Å². The van der Waals surface area contributed by atoms with Crippen LogP contribution in [0.25, 0.3) is 0 Å². The summed E-state index contributed by atoms with van der Waals surface area (Å²) in [5.74, 6) is 0.735. The summed E-state index contributed by atoms with van der Waals surface area (Å²) >= 11 is 0. The highest BCUT2D eigenvalue weighted by Gasteiger charge is 2.57. The van der Waals surface area contributed by atoms with Crippen molar-refractivity contribution in [2.45, 2.75) is 84.2 Å². The van der Waals surface area contributed by atoms with E-state index in [9.17, 15) is 15.1 Å². The van der Waals surface area contributed by atoms with Crippen LogP contribution in [-0.2, 0) is 4.43 Å². The van der Waals surface area contributed by atoms with Crippen LogP contribution >= 0.6 is 0 Å². The van der Waals surface area contributed by atoms with Crippen molar-refractivity contribution in [2.24, 2.45) is 22.2 Å². The van der Waals surface area contributed by atoms with E-state index in [1.807, 2.05) is 12.1 Å². The topological polar surface area (TPSA) is 118 Å². The number of nitrogens with zero attached hydrogens (tertiary/aromatic N) is 2. The molecule has 8 nitrogen and oxygen atoms in total. The molecule has 34 heavy (non-hydrogen) atoms. The van der Waals surface area contributed by atoms with Gasteiger partial charge in [-0.05, 0) is 41.7 Å². The molecule has 1 aromatic rings. The zero-order chi connectivity index (χ0) is 25.7. The molecule has 3 rings (SSSR count). The summed E-state index contributed by atoms with van der Waals surface area (Å²) in [4.78, 5) is 13.1. The molecule has 0 radical (unpaired) electrons. The molecule has 1 spiro atoms. The normalized spacial score (nSPS) is 23.4. The van der Waals surface area contributed by atoms with Crippen LogP contribution in [0.2, 0.25) is 18.1 Å². The number of likely N-dealkylation sites (tertiary alicyclic amines) is 1. The summed E-state index contributed by atoms with van der Waals surface area (Å²) in [6.07, 6.45) is 0.0309. The first-order valence-corrected chi connectivity index (χ1v) is 14.9. The average Bonchev–Trinajstić information content (AvgIpc) is 2.71. The fourth-order valence-electron chi connectivity index (χ4n) is 5.18. The molecule has 1 saturated heterocycles. The largest absolute Gasteiger partial charge is 0.486 e. The predicted octanol–water partition coefficient (Wildman–Crippen LogP) is 5.41.